The fourth-order valence-electron chi connectivity index (χ4n) is 3.32. The lowest BCUT2D eigenvalue weighted by atomic mass is 10.1. The monoisotopic (exact) mass is 337 g/mol. The fourth-order valence-corrected chi connectivity index (χ4v) is 3.32. The largest absolute Gasteiger partial charge is 0.399 e. The van der Waals surface area contributed by atoms with Crippen LogP contribution >= 0.6 is 0 Å². The van der Waals surface area contributed by atoms with E-state index in [-0.39, 0.29) is 0 Å². The van der Waals surface area contributed by atoms with Gasteiger partial charge in [-0.1, -0.05) is 6.92 Å². The quantitative estimate of drug-likeness (QED) is 0.711. The molecule has 1 saturated heterocycles. The Morgan fingerprint density at radius 3 is 3.08 bits per heavy atom. The number of benzene rings is 1. The highest BCUT2D eigenvalue weighted by Crippen LogP contribution is 2.21. The molecule has 1 aliphatic rings. The molecule has 0 bridgehead atoms. The highest BCUT2D eigenvalue weighted by Gasteiger charge is 2.18. The molecule has 1 aliphatic heterocycles. The Bertz CT molecular complexity index is 873. The van der Waals surface area contributed by atoms with Gasteiger partial charge in [-0.05, 0) is 31.0 Å². The highest BCUT2D eigenvalue weighted by atomic mass is 15.3. The van der Waals surface area contributed by atoms with Crippen molar-refractivity contribution in [3.63, 3.8) is 0 Å². The van der Waals surface area contributed by atoms with Crippen LogP contribution in [0.5, 0.6) is 0 Å². The minimum absolute atomic E-state index is 0.578. The summed E-state index contributed by atoms with van der Waals surface area (Å²) in [6.07, 6.45) is 5.87. The van der Waals surface area contributed by atoms with Gasteiger partial charge in [0.25, 0.3) is 0 Å². The van der Waals surface area contributed by atoms with Crippen LogP contribution in [0.15, 0.2) is 36.7 Å². The summed E-state index contributed by atoms with van der Waals surface area (Å²) >= 11 is 0. The zero-order valence-electron chi connectivity index (χ0n) is 14.4. The Kier molecular flexibility index (Phi) is 4.23. The Hall–Kier alpha value is -2.67. The number of nitrogen functional groups attached to an aromatic ring is 1. The van der Waals surface area contributed by atoms with E-state index < -0.39 is 0 Å². The number of rotatable bonds is 3. The summed E-state index contributed by atoms with van der Waals surface area (Å²) in [6.45, 7) is 5.05. The molecule has 2 aromatic heterocycles. The maximum Gasteiger partial charge on any atom is 0.227 e. The smallest absolute Gasteiger partial charge is 0.227 e. The van der Waals surface area contributed by atoms with Crippen molar-refractivity contribution in [1.29, 1.82) is 0 Å². The molecule has 7 heteroatoms. The molecular weight excluding hydrogens is 314 g/mol. The first-order valence-corrected chi connectivity index (χ1v) is 8.79. The van der Waals surface area contributed by atoms with Crippen molar-refractivity contribution < 1.29 is 0 Å². The molecule has 1 aromatic carbocycles. The minimum atomic E-state index is 0.578. The second-order valence-corrected chi connectivity index (χ2v) is 6.42. The molecule has 130 valence electrons. The molecule has 4 rings (SSSR count). The number of hydrogen-bond donors (Lipinski definition) is 2. The van der Waals surface area contributed by atoms with Crippen molar-refractivity contribution in [3.8, 4) is 5.82 Å². The third-order valence-corrected chi connectivity index (χ3v) is 4.78. The summed E-state index contributed by atoms with van der Waals surface area (Å²) in [6, 6.07) is 8.24. The van der Waals surface area contributed by atoms with Crippen LogP contribution in [0.2, 0.25) is 0 Å². The predicted octanol–water partition coefficient (Wildman–Crippen LogP) is 1.98. The molecule has 3 aromatic rings. The molecule has 0 saturated carbocycles. The number of fused-ring (bicyclic) bond motifs is 1. The average Bonchev–Trinajstić information content (AvgIpc) is 2.90. The summed E-state index contributed by atoms with van der Waals surface area (Å²) < 4.78 is 1.84. The van der Waals surface area contributed by atoms with Crippen LogP contribution in [0, 0.1) is 0 Å². The van der Waals surface area contributed by atoms with E-state index in [4.69, 9.17) is 10.7 Å². The van der Waals surface area contributed by atoms with Crippen LogP contribution < -0.4 is 16.0 Å². The molecule has 1 unspecified atom stereocenters. The van der Waals surface area contributed by atoms with E-state index in [1.54, 1.807) is 6.20 Å². The van der Waals surface area contributed by atoms with Crippen molar-refractivity contribution in [2.45, 2.75) is 25.8 Å². The van der Waals surface area contributed by atoms with Gasteiger partial charge in [0.05, 0.1) is 11.7 Å². The fraction of sp³-hybridized carbons (Fsp3) is 0.389. The van der Waals surface area contributed by atoms with Crippen LogP contribution in [0.25, 0.3) is 16.7 Å². The minimum Gasteiger partial charge on any atom is -0.399 e. The molecule has 0 radical (unpaired) electrons. The number of aromatic nitrogens is 4. The van der Waals surface area contributed by atoms with Gasteiger partial charge < -0.3 is 16.0 Å². The average molecular weight is 337 g/mol. The van der Waals surface area contributed by atoms with Crippen molar-refractivity contribution in [3.05, 3.63) is 36.7 Å². The van der Waals surface area contributed by atoms with Crippen LogP contribution in [-0.2, 0) is 0 Å². The molecule has 3 N–H and O–H groups in total. The molecule has 7 nitrogen and oxygen atoms in total. The van der Waals surface area contributed by atoms with Gasteiger partial charge in [-0.3, -0.25) is 0 Å². The van der Waals surface area contributed by atoms with Gasteiger partial charge in [0.1, 0.15) is 0 Å². The van der Waals surface area contributed by atoms with Crippen molar-refractivity contribution in [2.24, 2.45) is 0 Å². The van der Waals surface area contributed by atoms with E-state index in [2.05, 4.69) is 27.2 Å². The van der Waals surface area contributed by atoms with Gasteiger partial charge in [0.2, 0.25) is 5.95 Å². The molecule has 0 amide bonds. The van der Waals surface area contributed by atoms with Crippen LogP contribution in [0.3, 0.4) is 0 Å². The van der Waals surface area contributed by atoms with Gasteiger partial charge in [-0.15, -0.1) is 0 Å². The lowest BCUT2D eigenvalue weighted by molar-refractivity contribution is 0.509. The Labute approximate surface area is 146 Å². The lowest BCUT2D eigenvalue weighted by Gasteiger charge is -2.20. The maximum atomic E-state index is 5.86. The first-order valence-electron chi connectivity index (χ1n) is 8.79. The standard InChI is InChI=1S/C18H23N7/c1-2-15-6-9-24(10-8-20-15)18-21-7-5-17(23-18)25-16-4-3-14(19)11-13(16)12-22-25/h3-5,7,11-12,15,20H,2,6,8-10,19H2,1H3. The summed E-state index contributed by atoms with van der Waals surface area (Å²) in [5, 5.41) is 9.06. The molecule has 0 spiro atoms. The topological polar surface area (TPSA) is 84.9 Å². The molecule has 3 heterocycles. The third kappa shape index (κ3) is 3.15. The SMILES string of the molecule is CCC1CCN(c2nccc(-n3ncc4cc(N)ccc43)n2)CCN1. The van der Waals surface area contributed by atoms with E-state index in [0.29, 0.717) is 6.04 Å². The number of anilines is 2. The maximum absolute atomic E-state index is 5.86. The molecule has 25 heavy (non-hydrogen) atoms. The third-order valence-electron chi connectivity index (χ3n) is 4.78. The molecule has 1 atom stereocenters. The van der Waals surface area contributed by atoms with Gasteiger partial charge in [0.15, 0.2) is 5.82 Å². The molecule has 0 aliphatic carbocycles. The van der Waals surface area contributed by atoms with Crippen LogP contribution in [0.1, 0.15) is 19.8 Å². The van der Waals surface area contributed by atoms with Crippen molar-refractivity contribution in [2.75, 3.05) is 30.3 Å². The summed E-state index contributed by atoms with van der Waals surface area (Å²) in [7, 11) is 0. The van der Waals surface area contributed by atoms with E-state index >= 15 is 0 Å². The Balaban J connectivity index is 1.65. The molecule has 1 fully saturated rings. The zero-order valence-corrected chi connectivity index (χ0v) is 14.4. The second kappa shape index (κ2) is 6.68. The zero-order chi connectivity index (χ0) is 17.2. The Morgan fingerprint density at radius 1 is 1.28 bits per heavy atom. The first kappa shape index (κ1) is 15.8. The summed E-state index contributed by atoms with van der Waals surface area (Å²) in [5.74, 6) is 1.53. The number of nitrogens with one attached hydrogen (secondary N) is 1. The second-order valence-electron chi connectivity index (χ2n) is 6.42. The number of nitrogens with two attached hydrogens (primary N) is 1. The van der Waals surface area contributed by atoms with Crippen LogP contribution in [0.4, 0.5) is 11.6 Å². The summed E-state index contributed by atoms with van der Waals surface area (Å²) in [4.78, 5) is 11.5. The first-order chi connectivity index (χ1) is 12.2. The van der Waals surface area contributed by atoms with E-state index in [1.807, 2.05) is 35.1 Å². The molecular formula is C18H23N7. The van der Waals surface area contributed by atoms with Gasteiger partial charge in [-0.25, -0.2) is 9.67 Å². The highest BCUT2D eigenvalue weighted by molar-refractivity contribution is 5.83. The van der Waals surface area contributed by atoms with E-state index in [0.717, 1.165) is 60.8 Å². The van der Waals surface area contributed by atoms with Crippen molar-refractivity contribution >= 4 is 22.5 Å². The normalized spacial score (nSPS) is 18.4. The van der Waals surface area contributed by atoms with Crippen LogP contribution in [-0.4, -0.2) is 45.4 Å². The van der Waals surface area contributed by atoms with E-state index in [9.17, 15) is 0 Å². The van der Waals surface area contributed by atoms with Crippen molar-refractivity contribution in [1.82, 2.24) is 25.1 Å². The van der Waals surface area contributed by atoms with Gasteiger partial charge >= 0.3 is 0 Å². The predicted molar refractivity (Wildman–Crippen MR) is 100.0 cm³/mol. The Morgan fingerprint density at radius 2 is 2.20 bits per heavy atom. The van der Waals surface area contributed by atoms with E-state index in [1.165, 1.54) is 0 Å². The lowest BCUT2D eigenvalue weighted by Crippen LogP contribution is -2.30. The van der Waals surface area contributed by atoms with Gasteiger partial charge in [0, 0.05) is 49.0 Å². The number of hydrogen-bond acceptors (Lipinski definition) is 6. The number of nitrogens with zero attached hydrogens (tertiary/aromatic N) is 5. The summed E-state index contributed by atoms with van der Waals surface area (Å²) in [5.41, 5.74) is 7.58. The van der Waals surface area contributed by atoms with Gasteiger partial charge in [-0.2, -0.15) is 10.1 Å².